The number of aromatic nitrogens is 4. The Bertz CT molecular complexity index is 769. The van der Waals surface area contributed by atoms with Crippen molar-refractivity contribution in [1.29, 1.82) is 0 Å². The van der Waals surface area contributed by atoms with Crippen molar-refractivity contribution >= 4 is 0 Å². The van der Waals surface area contributed by atoms with Crippen LogP contribution in [-0.4, -0.2) is 38.2 Å². The quantitative estimate of drug-likeness (QED) is 0.802. The summed E-state index contributed by atoms with van der Waals surface area (Å²) < 4.78 is 0. The summed E-state index contributed by atoms with van der Waals surface area (Å²) in [5, 5.41) is 7.43. The van der Waals surface area contributed by atoms with Crippen LogP contribution >= 0.6 is 0 Å². The van der Waals surface area contributed by atoms with Crippen LogP contribution in [-0.2, 0) is 6.54 Å². The molecule has 0 unspecified atom stereocenters. The Kier molecular flexibility index (Phi) is 4.34. The Hall–Kier alpha value is -2.53. The molecule has 3 heterocycles. The maximum atomic E-state index is 4.44. The Morgan fingerprint density at radius 3 is 2.92 bits per heavy atom. The number of aromatic amines is 1. The lowest BCUT2D eigenvalue weighted by molar-refractivity contribution is 0.198. The molecule has 1 aliphatic rings. The Labute approximate surface area is 141 Å². The number of hydrogen-bond donors (Lipinski definition) is 1. The van der Waals surface area contributed by atoms with Crippen molar-refractivity contribution < 1.29 is 0 Å². The maximum Gasteiger partial charge on any atom is 0.115 e. The number of hydrogen-bond acceptors (Lipinski definition) is 4. The Morgan fingerprint density at radius 2 is 2.08 bits per heavy atom. The number of H-pyrrole nitrogens is 1. The third kappa shape index (κ3) is 3.21. The van der Waals surface area contributed by atoms with E-state index in [2.05, 4.69) is 49.3 Å². The van der Waals surface area contributed by atoms with Crippen molar-refractivity contribution in [2.45, 2.75) is 25.3 Å². The highest BCUT2D eigenvalue weighted by molar-refractivity contribution is 5.62. The third-order valence-electron chi connectivity index (χ3n) is 4.70. The lowest BCUT2D eigenvalue weighted by Crippen LogP contribution is -2.34. The van der Waals surface area contributed by atoms with Crippen LogP contribution in [0.5, 0.6) is 0 Å². The van der Waals surface area contributed by atoms with Gasteiger partial charge >= 0.3 is 0 Å². The fraction of sp³-hybridized carbons (Fsp3) is 0.316. The van der Waals surface area contributed by atoms with Gasteiger partial charge in [0.05, 0.1) is 11.9 Å². The molecule has 4 rings (SSSR count). The summed E-state index contributed by atoms with van der Waals surface area (Å²) in [5.74, 6) is 0.494. The summed E-state index contributed by atoms with van der Waals surface area (Å²) in [4.78, 5) is 11.0. The zero-order valence-electron chi connectivity index (χ0n) is 13.6. The molecule has 3 aromatic rings. The van der Waals surface area contributed by atoms with Crippen molar-refractivity contribution in [2.75, 3.05) is 13.1 Å². The third-order valence-corrected chi connectivity index (χ3v) is 4.70. The van der Waals surface area contributed by atoms with Crippen molar-refractivity contribution in [3.05, 3.63) is 66.4 Å². The van der Waals surface area contributed by atoms with Crippen LogP contribution in [0.2, 0.25) is 0 Å². The standard InChI is InChI=1S/C19H21N5/c1-2-5-15(6-3-1)19-17(11-22-23-19)13-24-10-4-7-16(12-24)18-8-9-20-14-21-18/h1-3,5-6,8-9,11,14,16H,4,7,10,12-13H2,(H,22,23)/t16-/m0/s1. The van der Waals surface area contributed by atoms with Crippen LogP contribution in [0, 0.1) is 0 Å². The van der Waals surface area contributed by atoms with Crippen LogP contribution in [0.1, 0.15) is 30.0 Å². The summed E-state index contributed by atoms with van der Waals surface area (Å²) >= 11 is 0. The van der Waals surface area contributed by atoms with Crippen LogP contribution in [0.15, 0.2) is 55.1 Å². The molecule has 0 bridgehead atoms. The average molecular weight is 319 g/mol. The second-order valence-electron chi connectivity index (χ2n) is 6.34. The van der Waals surface area contributed by atoms with Gasteiger partial charge in [0.15, 0.2) is 0 Å². The van der Waals surface area contributed by atoms with Gasteiger partial charge < -0.3 is 0 Å². The van der Waals surface area contributed by atoms with Gasteiger partial charge in [0.25, 0.3) is 0 Å². The van der Waals surface area contributed by atoms with Gasteiger partial charge in [-0.2, -0.15) is 5.10 Å². The first-order chi connectivity index (χ1) is 11.9. The molecule has 2 aromatic heterocycles. The van der Waals surface area contributed by atoms with Gasteiger partial charge in [-0.15, -0.1) is 0 Å². The summed E-state index contributed by atoms with van der Waals surface area (Å²) in [7, 11) is 0. The highest BCUT2D eigenvalue weighted by atomic mass is 15.2. The van der Waals surface area contributed by atoms with Crippen LogP contribution in [0.4, 0.5) is 0 Å². The first kappa shape index (κ1) is 15.0. The van der Waals surface area contributed by atoms with E-state index >= 15 is 0 Å². The van der Waals surface area contributed by atoms with E-state index in [0.717, 1.165) is 31.0 Å². The molecule has 24 heavy (non-hydrogen) atoms. The van der Waals surface area contributed by atoms with E-state index in [9.17, 15) is 0 Å². The monoisotopic (exact) mass is 319 g/mol. The number of benzene rings is 1. The predicted octanol–water partition coefficient (Wildman–Crippen LogP) is 3.25. The molecule has 0 radical (unpaired) electrons. The number of piperidine rings is 1. The Balaban J connectivity index is 1.49. The maximum absolute atomic E-state index is 4.44. The smallest absolute Gasteiger partial charge is 0.115 e. The summed E-state index contributed by atoms with van der Waals surface area (Å²) in [6.45, 7) is 3.08. The predicted molar refractivity (Wildman–Crippen MR) is 93.3 cm³/mol. The SMILES string of the molecule is c1ccc(-c2[nH]ncc2CN2CCC[C@H](c3ccncn3)C2)cc1. The number of nitrogens with zero attached hydrogens (tertiary/aromatic N) is 4. The van der Waals surface area contributed by atoms with Crippen molar-refractivity contribution in [3.8, 4) is 11.3 Å². The van der Waals surface area contributed by atoms with Crippen molar-refractivity contribution in [1.82, 2.24) is 25.1 Å². The first-order valence-electron chi connectivity index (χ1n) is 8.46. The molecule has 1 saturated heterocycles. The van der Waals surface area contributed by atoms with Crippen molar-refractivity contribution in [3.63, 3.8) is 0 Å². The summed E-state index contributed by atoms with van der Waals surface area (Å²) in [6, 6.07) is 12.4. The number of rotatable bonds is 4. The van der Waals surface area contributed by atoms with E-state index in [1.807, 2.05) is 24.5 Å². The van der Waals surface area contributed by atoms with Crippen LogP contribution < -0.4 is 0 Å². The first-order valence-corrected chi connectivity index (χ1v) is 8.46. The van der Waals surface area contributed by atoms with E-state index in [4.69, 9.17) is 0 Å². The fourth-order valence-corrected chi connectivity index (χ4v) is 3.51. The second-order valence-corrected chi connectivity index (χ2v) is 6.34. The molecule has 122 valence electrons. The molecule has 1 atom stereocenters. The zero-order valence-corrected chi connectivity index (χ0v) is 13.6. The molecule has 1 N–H and O–H groups in total. The normalized spacial score (nSPS) is 18.6. The molecule has 1 fully saturated rings. The van der Waals surface area contributed by atoms with E-state index in [-0.39, 0.29) is 0 Å². The number of likely N-dealkylation sites (tertiary alicyclic amines) is 1. The minimum Gasteiger partial charge on any atom is -0.298 e. The van der Waals surface area contributed by atoms with E-state index in [0.29, 0.717) is 5.92 Å². The molecular weight excluding hydrogens is 298 g/mol. The average Bonchev–Trinajstić information content (AvgIpc) is 3.11. The lowest BCUT2D eigenvalue weighted by atomic mass is 9.94. The van der Waals surface area contributed by atoms with Crippen LogP contribution in [0.3, 0.4) is 0 Å². The van der Waals surface area contributed by atoms with E-state index < -0.39 is 0 Å². The topological polar surface area (TPSA) is 57.7 Å². The van der Waals surface area contributed by atoms with Gasteiger partial charge in [-0.3, -0.25) is 10.00 Å². The lowest BCUT2D eigenvalue weighted by Gasteiger charge is -2.32. The van der Waals surface area contributed by atoms with Gasteiger partial charge in [0.2, 0.25) is 0 Å². The molecule has 0 aliphatic carbocycles. The minimum atomic E-state index is 0.494. The van der Waals surface area contributed by atoms with E-state index in [1.165, 1.54) is 24.0 Å². The highest BCUT2D eigenvalue weighted by Crippen LogP contribution is 2.28. The van der Waals surface area contributed by atoms with E-state index in [1.54, 1.807) is 6.33 Å². The minimum absolute atomic E-state index is 0.494. The molecule has 1 aliphatic heterocycles. The molecule has 5 heteroatoms. The molecule has 0 amide bonds. The molecule has 5 nitrogen and oxygen atoms in total. The van der Waals surface area contributed by atoms with Gasteiger partial charge in [0.1, 0.15) is 6.33 Å². The second kappa shape index (κ2) is 6.93. The Morgan fingerprint density at radius 1 is 1.17 bits per heavy atom. The summed E-state index contributed by atoms with van der Waals surface area (Å²) in [6.07, 6.45) is 7.84. The van der Waals surface area contributed by atoms with Crippen LogP contribution in [0.25, 0.3) is 11.3 Å². The van der Waals surface area contributed by atoms with Gasteiger partial charge in [-0.05, 0) is 31.0 Å². The molecule has 0 saturated carbocycles. The van der Waals surface area contributed by atoms with Crippen molar-refractivity contribution in [2.24, 2.45) is 0 Å². The molecule has 0 spiro atoms. The largest absolute Gasteiger partial charge is 0.298 e. The zero-order chi connectivity index (χ0) is 16.2. The fourth-order valence-electron chi connectivity index (χ4n) is 3.51. The molecular formula is C19H21N5. The highest BCUT2D eigenvalue weighted by Gasteiger charge is 2.23. The summed E-state index contributed by atoms with van der Waals surface area (Å²) in [5.41, 5.74) is 4.73. The molecule has 1 aromatic carbocycles. The number of nitrogens with one attached hydrogen (secondary N) is 1. The van der Waals surface area contributed by atoms with Gasteiger partial charge in [-0.1, -0.05) is 30.3 Å². The van der Waals surface area contributed by atoms with Gasteiger partial charge in [-0.25, -0.2) is 9.97 Å². The van der Waals surface area contributed by atoms with Gasteiger partial charge in [0, 0.05) is 36.5 Å².